The lowest BCUT2D eigenvalue weighted by Gasteiger charge is -2.23. The van der Waals surface area contributed by atoms with Crippen LogP contribution in [0.2, 0.25) is 0 Å². The molecule has 0 saturated carbocycles. The molecule has 0 spiro atoms. The molecule has 1 aromatic heterocycles. The average molecular weight is 410 g/mol. The van der Waals surface area contributed by atoms with E-state index in [1.165, 1.54) is 12.1 Å². The average Bonchev–Trinajstić information content (AvgIpc) is 3.38. The lowest BCUT2D eigenvalue weighted by Crippen LogP contribution is -2.23. The van der Waals surface area contributed by atoms with Gasteiger partial charge in [-0.25, -0.2) is 14.2 Å². The molecule has 2 heterocycles. The maximum Gasteiger partial charge on any atom is 0.341 e. The first kappa shape index (κ1) is 20.1. The number of halogens is 1. The molecule has 2 aromatic carbocycles. The molecule has 3 aromatic rings. The number of hydrogen-bond donors (Lipinski definition) is 1. The smallest absolute Gasteiger partial charge is 0.341 e. The summed E-state index contributed by atoms with van der Waals surface area (Å²) >= 11 is 0. The number of carbonyl (C=O) groups is 1. The number of aromatic nitrogens is 1. The zero-order valence-corrected chi connectivity index (χ0v) is 16.5. The Morgan fingerprint density at radius 2 is 2.03 bits per heavy atom. The third-order valence-corrected chi connectivity index (χ3v) is 5.21. The minimum atomic E-state index is -1.00. The Kier molecular flexibility index (Phi) is 6.09. The minimum Gasteiger partial charge on any atom is -0.482 e. The van der Waals surface area contributed by atoms with Gasteiger partial charge in [-0.1, -0.05) is 30.3 Å². The number of hydrogen-bond acceptors (Lipinski definition) is 5. The molecule has 1 fully saturated rings. The van der Waals surface area contributed by atoms with Crippen LogP contribution in [0.5, 0.6) is 5.75 Å². The van der Waals surface area contributed by atoms with Crippen LogP contribution in [0, 0.1) is 5.82 Å². The third kappa shape index (κ3) is 4.86. The summed E-state index contributed by atoms with van der Waals surface area (Å²) in [6.07, 6.45) is 4.26. The maximum atomic E-state index is 13.1. The van der Waals surface area contributed by atoms with Gasteiger partial charge in [-0.05, 0) is 43.1 Å². The number of oxazole rings is 1. The van der Waals surface area contributed by atoms with E-state index in [4.69, 9.17) is 14.3 Å². The zero-order chi connectivity index (χ0) is 20.9. The van der Waals surface area contributed by atoms with Crippen molar-refractivity contribution in [3.8, 4) is 5.75 Å². The molecule has 1 saturated heterocycles. The first-order valence-corrected chi connectivity index (χ1v) is 9.94. The molecule has 1 aliphatic rings. The molecule has 0 aliphatic carbocycles. The van der Waals surface area contributed by atoms with Gasteiger partial charge in [0.05, 0.1) is 12.2 Å². The lowest BCUT2D eigenvalue weighted by molar-refractivity contribution is -0.139. The summed E-state index contributed by atoms with van der Waals surface area (Å²) in [6, 6.07) is 13.9. The number of nitrogens with zero attached hydrogens (tertiary/aromatic N) is 2. The van der Waals surface area contributed by atoms with E-state index in [1.807, 2.05) is 18.2 Å². The molecule has 1 atom stereocenters. The van der Waals surface area contributed by atoms with Gasteiger partial charge in [-0.3, -0.25) is 4.90 Å². The Bertz CT molecular complexity index is 1000. The van der Waals surface area contributed by atoms with Crippen LogP contribution in [0.25, 0.3) is 0 Å². The van der Waals surface area contributed by atoms with Crippen LogP contribution in [0.15, 0.2) is 59.1 Å². The summed E-state index contributed by atoms with van der Waals surface area (Å²) in [4.78, 5) is 17.6. The molecular weight excluding hydrogens is 387 g/mol. The number of carboxylic acids is 1. The van der Waals surface area contributed by atoms with Gasteiger partial charge < -0.3 is 14.3 Å². The first-order chi connectivity index (χ1) is 14.6. The largest absolute Gasteiger partial charge is 0.482 e. The molecule has 0 amide bonds. The van der Waals surface area contributed by atoms with Crippen molar-refractivity contribution in [1.29, 1.82) is 0 Å². The summed E-state index contributed by atoms with van der Waals surface area (Å²) in [5.41, 5.74) is 1.90. The van der Waals surface area contributed by atoms with E-state index < -0.39 is 5.97 Å². The zero-order valence-electron chi connectivity index (χ0n) is 16.5. The SMILES string of the molecule is O=C(O)COc1ccccc1CN1CCC[C@H]1c1ncc(Cc2ccc(F)cc2)o1. The van der Waals surface area contributed by atoms with Crippen molar-refractivity contribution in [2.75, 3.05) is 13.2 Å². The molecule has 6 nitrogen and oxygen atoms in total. The van der Waals surface area contributed by atoms with Crippen LogP contribution in [0.3, 0.4) is 0 Å². The van der Waals surface area contributed by atoms with Crippen LogP contribution in [-0.4, -0.2) is 34.1 Å². The van der Waals surface area contributed by atoms with Crippen molar-refractivity contribution in [1.82, 2.24) is 9.88 Å². The van der Waals surface area contributed by atoms with Gasteiger partial charge in [0, 0.05) is 18.5 Å². The summed E-state index contributed by atoms with van der Waals surface area (Å²) in [5, 5.41) is 8.89. The van der Waals surface area contributed by atoms with Crippen molar-refractivity contribution in [3.05, 3.63) is 83.3 Å². The number of likely N-dealkylation sites (tertiary alicyclic amines) is 1. The van der Waals surface area contributed by atoms with Gasteiger partial charge in [-0.15, -0.1) is 0 Å². The molecule has 1 N–H and O–H groups in total. The summed E-state index contributed by atoms with van der Waals surface area (Å²) in [7, 11) is 0. The van der Waals surface area contributed by atoms with Crippen molar-refractivity contribution in [2.45, 2.75) is 31.8 Å². The number of para-hydroxylation sites is 1. The molecule has 156 valence electrons. The van der Waals surface area contributed by atoms with E-state index in [2.05, 4.69) is 9.88 Å². The van der Waals surface area contributed by atoms with E-state index in [-0.39, 0.29) is 18.5 Å². The number of ether oxygens (including phenoxy) is 1. The Morgan fingerprint density at radius 3 is 2.83 bits per heavy atom. The van der Waals surface area contributed by atoms with Crippen molar-refractivity contribution >= 4 is 5.97 Å². The van der Waals surface area contributed by atoms with Gasteiger partial charge in [0.15, 0.2) is 6.61 Å². The van der Waals surface area contributed by atoms with Crippen LogP contribution in [0.4, 0.5) is 4.39 Å². The highest BCUT2D eigenvalue weighted by Gasteiger charge is 2.30. The van der Waals surface area contributed by atoms with E-state index in [9.17, 15) is 9.18 Å². The predicted octanol–water partition coefficient (Wildman–Crippen LogP) is 4.21. The second kappa shape index (κ2) is 9.09. The number of carboxylic acid groups (broad SMARTS) is 1. The fourth-order valence-corrected chi connectivity index (χ4v) is 3.79. The fourth-order valence-electron chi connectivity index (χ4n) is 3.79. The lowest BCUT2D eigenvalue weighted by atomic mass is 10.1. The highest BCUT2D eigenvalue weighted by molar-refractivity contribution is 5.68. The van der Waals surface area contributed by atoms with Crippen LogP contribution in [0.1, 0.15) is 41.7 Å². The van der Waals surface area contributed by atoms with Gasteiger partial charge in [-0.2, -0.15) is 0 Å². The maximum absolute atomic E-state index is 13.1. The summed E-state index contributed by atoms with van der Waals surface area (Å²) < 4.78 is 24.6. The first-order valence-electron chi connectivity index (χ1n) is 9.94. The van der Waals surface area contributed by atoms with Gasteiger partial charge in [0.2, 0.25) is 5.89 Å². The summed E-state index contributed by atoms with van der Waals surface area (Å²) in [5.74, 6) is 0.737. The molecule has 0 bridgehead atoms. The molecule has 30 heavy (non-hydrogen) atoms. The van der Waals surface area contributed by atoms with Gasteiger partial charge >= 0.3 is 5.97 Å². The second-order valence-corrected chi connectivity index (χ2v) is 7.39. The Morgan fingerprint density at radius 1 is 1.23 bits per heavy atom. The standard InChI is InChI=1S/C23H23FN2O4/c24-18-9-7-16(8-10-18)12-19-13-25-23(30-19)20-5-3-11-26(20)14-17-4-1-2-6-21(17)29-15-22(27)28/h1-2,4,6-10,13,20H,3,5,11-12,14-15H2,(H,27,28)/t20-/m0/s1. The monoisotopic (exact) mass is 410 g/mol. The van der Waals surface area contributed by atoms with Crippen molar-refractivity contribution < 1.29 is 23.4 Å². The molecule has 0 radical (unpaired) electrons. The molecule has 1 aliphatic heterocycles. The van der Waals surface area contributed by atoms with Crippen LogP contribution >= 0.6 is 0 Å². The van der Waals surface area contributed by atoms with Crippen molar-refractivity contribution in [2.24, 2.45) is 0 Å². The predicted molar refractivity (Wildman–Crippen MR) is 108 cm³/mol. The Balaban J connectivity index is 1.45. The van der Waals surface area contributed by atoms with Crippen LogP contribution in [-0.2, 0) is 17.8 Å². The fraction of sp³-hybridized carbons (Fsp3) is 0.304. The molecule has 0 unspecified atom stereocenters. The highest BCUT2D eigenvalue weighted by Crippen LogP contribution is 2.34. The summed E-state index contributed by atoms with van der Waals surface area (Å²) in [6.45, 7) is 1.15. The van der Waals surface area contributed by atoms with E-state index in [0.29, 0.717) is 24.6 Å². The Hall–Kier alpha value is -3.19. The minimum absolute atomic E-state index is 0.0551. The van der Waals surface area contributed by atoms with Gasteiger partial charge in [0.25, 0.3) is 0 Å². The quantitative estimate of drug-likeness (QED) is 0.600. The number of aliphatic carboxylic acids is 1. The third-order valence-electron chi connectivity index (χ3n) is 5.21. The highest BCUT2D eigenvalue weighted by atomic mass is 19.1. The van der Waals surface area contributed by atoms with Gasteiger partial charge in [0.1, 0.15) is 17.3 Å². The molecular formula is C23H23FN2O4. The normalized spacial score (nSPS) is 16.6. The number of benzene rings is 2. The van der Waals surface area contributed by atoms with Crippen LogP contribution < -0.4 is 4.74 Å². The van der Waals surface area contributed by atoms with E-state index in [1.54, 1.807) is 24.4 Å². The van der Waals surface area contributed by atoms with E-state index in [0.717, 1.165) is 36.3 Å². The second-order valence-electron chi connectivity index (χ2n) is 7.39. The number of rotatable bonds is 8. The Labute approximate surface area is 173 Å². The van der Waals surface area contributed by atoms with E-state index >= 15 is 0 Å². The molecule has 4 rings (SSSR count). The topological polar surface area (TPSA) is 75.8 Å². The van der Waals surface area contributed by atoms with Crippen molar-refractivity contribution in [3.63, 3.8) is 0 Å². The molecule has 7 heteroatoms.